The second kappa shape index (κ2) is 8.20. The summed E-state index contributed by atoms with van der Waals surface area (Å²) in [6, 6.07) is 13.5. The average molecular weight is 408 g/mol. The summed E-state index contributed by atoms with van der Waals surface area (Å²) in [5.74, 6) is -0.127. The van der Waals surface area contributed by atoms with Crippen molar-refractivity contribution in [2.24, 2.45) is 0 Å². The van der Waals surface area contributed by atoms with Crippen molar-refractivity contribution in [3.63, 3.8) is 0 Å². The van der Waals surface area contributed by atoms with Crippen LogP contribution in [0.5, 0.6) is 5.75 Å². The van der Waals surface area contributed by atoms with Gasteiger partial charge in [0.05, 0.1) is 37.4 Å². The van der Waals surface area contributed by atoms with Crippen molar-refractivity contribution in [2.45, 2.75) is 25.9 Å². The maximum Gasteiger partial charge on any atom is 0.356 e. The molecule has 7 heteroatoms. The molecule has 4 rings (SSSR count). The number of carbonyl (C=O) groups is 2. The van der Waals surface area contributed by atoms with Crippen molar-refractivity contribution >= 4 is 28.5 Å². The molecule has 1 unspecified atom stereocenters. The Balaban J connectivity index is 1.63. The molecule has 7 nitrogen and oxygen atoms in total. The summed E-state index contributed by atoms with van der Waals surface area (Å²) in [5.41, 5.74) is 3.92. The molecule has 0 aliphatic carbocycles. The van der Waals surface area contributed by atoms with Gasteiger partial charge in [0.1, 0.15) is 18.0 Å². The second-order valence-electron chi connectivity index (χ2n) is 7.56. The topological polar surface area (TPSA) is 84.9 Å². The van der Waals surface area contributed by atoms with E-state index < -0.39 is 5.97 Å². The molecule has 3 N–H and O–H groups in total. The fraction of sp³-hybridized carbons (Fsp3) is 0.304. The molecule has 2 atom stereocenters. The summed E-state index contributed by atoms with van der Waals surface area (Å²) in [7, 11) is 2.87. The number of benzene rings is 2. The maximum absolute atomic E-state index is 13.2. The molecule has 1 aliphatic heterocycles. The third-order valence-corrected chi connectivity index (χ3v) is 5.90. The predicted octanol–water partition coefficient (Wildman–Crippen LogP) is 1.93. The van der Waals surface area contributed by atoms with Crippen LogP contribution < -0.4 is 15.0 Å². The van der Waals surface area contributed by atoms with E-state index in [1.165, 1.54) is 23.1 Å². The molecule has 156 valence electrons. The van der Waals surface area contributed by atoms with E-state index in [0.717, 1.165) is 19.5 Å². The van der Waals surface area contributed by atoms with Crippen molar-refractivity contribution in [1.29, 1.82) is 0 Å². The number of fused-ring (bicyclic) bond motifs is 2. The van der Waals surface area contributed by atoms with Gasteiger partial charge in [0.25, 0.3) is 5.91 Å². The molecule has 1 amide bonds. The first kappa shape index (κ1) is 20.0. The van der Waals surface area contributed by atoms with Crippen LogP contribution in [0.4, 0.5) is 5.69 Å². The maximum atomic E-state index is 13.2. The number of aromatic nitrogens is 1. The fourth-order valence-corrected chi connectivity index (χ4v) is 4.15. The standard InChI is InChI=1S/C23H25N3O4/c1-14(26-12-11-15-7-4-5-8-16(15)13-26)22(27)25-20-19-17(9-6-10-18(19)29-2)24-21(20)23(28)30-3/h4-10,14,24H,11-13H2,1-3H3,(H,25,27)/p+1/t14-/m1/s1. The Kier molecular flexibility index (Phi) is 5.46. The lowest BCUT2D eigenvalue weighted by molar-refractivity contribution is -0.929. The van der Waals surface area contributed by atoms with Crippen LogP contribution in [0.2, 0.25) is 0 Å². The number of hydrogen-bond acceptors (Lipinski definition) is 4. The zero-order valence-electron chi connectivity index (χ0n) is 17.4. The number of esters is 1. The molecule has 2 aromatic carbocycles. The number of H-pyrrole nitrogens is 1. The highest BCUT2D eigenvalue weighted by Crippen LogP contribution is 2.35. The normalized spacial score (nSPS) is 16.6. The number of nitrogens with one attached hydrogen (secondary N) is 3. The molecule has 0 bridgehead atoms. The van der Waals surface area contributed by atoms with Gasteiger partial charge in [0, 0.05) is 12.0 Å². The van der Waals surface area contributed by atoms with Crippen molar-refractivity contribution in [1.82, 2.24) is 4.98 Å². The number of rotatable bonds is 5. The summed E-state index contributed by atoms with van der Waals surface area (Å²) in [5, 5.41) is 3.63. The Morgan fingerprint density at radius 2 is 1.87 bits per heavy atom. The van der Waals surface area contributed by atoms with Gasteiger partial charge in [-0.25, -0.2) is 4.79 Å². The molecule has 0 fully saturated rings. The highest BCUT2D eigenvalue weighted by Gasteiger charge is 2.31. The first-order valence-electron chi connectivity index (χ1n) is 10.0. The molecular formula is C23H26N3O4+. The van der Waals surface area contributed by atoms with E-state index >= 15 is 0 Å². The third kappa shape index (κ3) is 3.52. The van der Waals surface area contributed by atoms with Crippen LogP contribution in [0.1, 0.15) is 28.5 Å². The van der Waals surface area contributed by atoms with Gasteiger partial charge in [0.2, 0.25) is 0 Å². The summed E-state index contributed by atoms with van der Waals surface area (Å²) in [4.78, 5) is 29.8. The Hall–Kier alpha value is -3.32. The van der Waals surface area contributed by atoms with Gasteiger partial charge in [-0.15, -0.1) is 0 Å². The SMILES string of the molecule is COC(=O)c1[nH]c2cccc(OC)c2c1NC(=O)[C@@H](C)[NH+]1CCc2ccccc2C1. The molecule has 0 saturated carbocycles. The lowest BCUT2D eigenvalue weighted by atomic mass is 9.98. The molecule has 1 aliphatic rings. The van der Waals surface area contributed by atoms with E-state index in [0.29, 0.717) is 22.3 Å². The first-order chi connectivity index (χ1) is 14.5. The second-order valence-corrected chi connectivity index (χ2v) is 7.56. The Morgan fingerprint density at radius 1 is 1.10 bits per heavy atom. The molecule has 2 heterocycles. The van der Waals surface area contributed by atoms with Crippen molar-refractivity contribution in [3.8, 4) is 5.75 Å². The van der Waals surface area contributed by atoms with E-state index in [1.807, 2.05) is 25.1 Å². The van der Waals surface area contributed by atoms with E-state index in [1.54, 1.807) is 13.2 Å². The highest BCUT2D eigenvalue weighted by atomic mass is 16.5. The zero-order chi connectivity index (χ0) is 21.3. The van der Waals surface area contributed by atoms with Gasteiger partial charge in [-0.1, -0.05) is 30.3 Å². The number of aromatic amines is 1. The number of carbonyl (C=O) groups excluding carboxylic acids is 2. The van der Waals surface area contributed by atoms with Crippen LogP contribution >= 0.6 is 0 Å². The number of amides is 1. The van der Waals surface area contributed by atoms with Gasteiger partial charge in [-0.3, -0.25) is 4.79 Å². The van der Waals surface area contributed by atoms with E-state index in [-0.39, 0.29) is 17.6 Å². The molecule has 0 radical (unpaired) electrons. The molecule has 1 aromatic heterocycles. The highest BCUT2D eigenvalue weighted by molar-refractivity contribution is 6.13. The number of methoxy groups -OCH3 is 2. The van der Waals surface area contributed by atoms with E-state index in [2.05, 4.69) is 28.5 Å². The van der Waals surface area contributed by atoms with Crippen molar-refractivity contribution < 1.29 is 24.0 Å². The lowest BCUT2D eigenvalue weighted by Gasteiger charge is -2.30. The van der Waals surface area contributed by atoms with Gasteiger partial charge in [-0.05, 0) is 24.6 Å². The predicted molar refractivity (Wildman–Crippen MR) is 114 cm³/mol. The zero-order valence-corrected chi connectivity index (χ0v) is 17.4. The van der Waals surface area contributed by atoms with Crippen LogP contribution in [-0.4, -0.2) is 43.7 Å². The minimum atomic E-state index is -0.546. The number of quaternary nitrogens is 1. The average Bonchev–Trinajstić information content (AvgIpc) is 3.16. The van der Waals surface area contributed by atoms with E-state index in [4.69, 9.17) is 9.47 Å². The third-order valence-electron chi connectivity index (χ3n) is 5.90. The van der Waals surface area contributed by atoms with Crippen molar-refractivity contribution in [3.05, 3.63) is 59.3 Å². The smallest absolute Gasteiger partial charge is 0.356 e. The molecule has 30 heavy (non-hydrogen) atoms. The van der Waals surface area contributed by atoms with Gasteiger partial charge in [-0.2, -0.15) is 0 Å². The van der Waals surface area contributed by atoms with Crippen LogP contribution in [0.3, 0.4) is 0 Å². The van der Waals surface area contributed by atoms with Crippen LogP contribution in [0.25, 0.3) is 10.9 Å². The van der Waals surface area contributed by atoms with Gasteiger partial charge < -0.3 is 24.7 Å². The van der Waals surface area contributed by atoms with Gasteiger partial charge >= 0.3 is 5.97 Å². The quantitative estimate of drug-likeness (QED) is 0.564. The summed E-state index contributed by atoms with van der Waals surface area (Å²) in [6.07, 6.45) is 0.942. The fourth-order valence-electron chi connectivity index (χ4n) is 4.15. The van der Waals surface area contributed by atoms with Crippen LogP contribution in [-0.2, 0) is 22.5 Å². The number of hydrogen-bond donors (Lipinski definition) is 3. The van der Waals surface area contributed by atoms with Crippen LogP contribution in [0.15, 0.2) is 42.5 Å². The summed E-state index contributed by atoms with van der Waals surface area (Å²) in [6.45, 7) is 3.60. The first-order valence-corrected chi connectivity index (χ1v) is 10.0. The minimum Gasteiger partial charge on any atom is -0.496 e. The summed E-state index contributed by atoms with van der Waals surface area (Å²) < 4.78 is 10.4. The Morgan fingerprint density at radius 3 is 2.60 bits per heavy atom. The van der Waals surface area contributed by atoms with Gasteiger partial charge in [0.15, 0.2) is 6.04 Å². The summed E-state index contributed by atoms with van der Waals surface area (Å²) >= 11 is 0. The lowest BCUT2D eigenvalue weighted by Crippen LogP contribution is -3.16. The number of ether oxygens (including phenoxy) is 2. The largest absolute Gasteiger partial charge is 0.496 e. The van der Waals surface area contributed by atoms with E-state index in [9.17, 15) is 9.59 Å². The Labute approximate surface area is 175 Å². The number of anilines is 1. The molecule has 0 saturated heterocycles. The monoisotopic (exact) mass is 408 g/mol. The van der Waals surface area contributed by atoms with Crippen molar-refractivity contribution in [2.75, 3.05) is 26.1 Å². The molecule has 0 spiro atoms. The molecule has 3 aromatic rings. The molecular weight excluding hydrogens is 382 g/mol. The Bertz CT molecular complexity index is 1110. The van der Waals surface area contributed by atoms with Crippen LogP contribution in [0, 0.1) is 0 Å². The minimum absolute atomic E-state index is 0.152.